The maximum atomic E-state index is 11.9. The van der Waals surface area contributed by atoms with Gasteiger partial charge in [0.25, 0.3) is 0 Å². The van der Waals surface area contributed by atoms with Gasteiger partial charge in [-0.2, -0.15) is 0 Å². The summed E-state index contributed by atoms with van der Waals surface area (Å²) in [6.45, 7) is 8.13. The van der Waals surface area contributed by atoms with Crippen molar-refractivity contribution in [2.24, 2.45) is 0 Å². The van der Waals surface area contributed by atoms with E-state index in [-0.39, 0.29) is 6.10 Å². The summed E-state index contributed by atoms with van der Waals surface area (Å²) in [5.41, 5.74) is 2.16. The van der Waals surface area contributed by atoms with E-state index >= 15 is 0 Å². The number of fused-ring (bicyclic) bond motifs is 1. The van der Waals surface area contributed by atoms with Gasteiger partial charge in [0.1, 0.15) is 0 Å². The molecule has 0 bridgehead atoms. The van der Waals surface area contributed by atoms with Crippen LogP contribution in [0.15, 0.2) is 12.4 Å². The van der Waals surface area contributed by atoms with Crippen molar-refractivity contribution in [3.05, 3.63) is 23.5 Å². The summed E-state index contributed by atoms with van der Waals surface area (Å²) in [5, 5.41) is 0. The van der Waals surface area contributed by atoms with E-state index in [9.17, 15) is 4.79 Å². The van der Waals surface area contributed by atoms with Crippen LogP contribution in [0, 0.1) is 0 Å². The number of carbonyl (C=O) groups excluding carboxylic acids is 1. The quantitative estimate of drug-likeness (QED) is 0.848. The van der Waals surface area contributed by atoms with E-state index in [2.05, 4.69) is 29.5 Å². The maximum absolute atomic E-state index is 11.9. The molecule has 1 aromatic rings. The Kier molecular flexibility index (Phi) is 3.94. The van der Waals surface area contributed by atoms with Gasteiger partial charge in [0.2, 0.25) is 0 Å². The summed E-state index contributed by atoms with van der Waals surface area (Å²) in [7, 11) is 0. The molecule has 0 radical (unpaired) electrons. The van der Waals surface area contributed by atoms with Gasteiger partial charge in [-0.05, 0) is 32.3 Å². The van der Waals surface area contributed by atoms with E-state index < -0.39 is 0 Å². The fourth-order valence-corrected chi connectivity index (χ4v) is 3.24. The van der Waals surface area contributed by atoms with Crippen molar-refractivity contribution in [1.82, 2.24) is 9.47 Å². The Morgan fingerprint density at radius 3 is 2.95 bits per heavy atom. The Bertz CT molecular complexity index is 493. The van der Waals surface area contributed by atoms with Gasteiger partial charge >= 0.3 is 0 Å². The van der Waals surface area contributed by atoms with Gasteiger partial charge in [0, 0.05) is 50.1 Å². The molecular formula is C16H24N2O2. The van der Waals surface area contributed by atoms with Crippen LogP contribution in [0.1, 0.15) is 42.6 Å². The number of carbonyl (C=O) groups is 1. The third kappa shape index (κ3) is 2.81. The number of ketones is 1. The van der Waals surface area contributed by atoms with Gasteiger partial charge in [-0.1, -0.05) is 0 Å². The molecule has 0 spiro atoms. The number of hydrogen-bond acceptors (Lipinski definition) is 3. The van der Waals surface area contributed by atoms with Gasteiger partial charge in [-0.3, -0.25) is 9.69 Å². The monoisotopic (exact) mass is 276 g/mol. The van der Waals surface area contributed by atoms with Crippen LogP contribution in [0.25, 0.3) is 0 Å². The number of Topliss-reactive ketones (excluding diaryl/α,β-unsaturated/α-hetero) is 1. The average Bonchev–Trinajstić information content (AvgIpc) is 2.83. The fourth-order valence-electron chi connectivity index (χ4n) is 3.24. The molecule has 0 amide bonds. The van der Waals surface area contributed by atoms with E-state index in [0.717, 1.165) is 44.6 Å². The van der Waals surface area contributed by atoms with E-state index in [1.807, 2.05) is 6.20 Å². The van der Waals surface area contributed by atoms with Crippen molar-refractivity contribution < 1.29 is 9.53 Å². The molecule has 3 rings (SSSR count). The van der Waals surface area contributed by atoms with Crippen molar-refractivity contribution in [2.75, 3.05) is 19.7 Å². The number of morpholine rings is 1. The summed E-state index contributed by atoms with van der Waals surface area (Å²) < 4.78 is 8.03. The number of aromatic nitrogens is 1. The van der Waals surface area contributed by atoms with Crippen LogP contribution in [0.4, 0.5) is 0 Å². The molecule has 1 fully saturated rings. The van der Waals surface area contributed by atoms with Crippen LogP contribution in [-0.4, -0.2) is 47.1 Å². The van der Waals surface area contributed by atoms with Gasteiger partial charge in [0.15, 0.2) is 5.78 Å². The molecule has 4 nitrogen and oxygen atoms in total. The zero-order valence-electron chi connectivity index (χ0n) is 12.5. The summed E-state index contributed by atoms with van der Waals surface area (Å²) >= 11 is 0. The molecule has 1 aliphatic heterocycles. The molecule has 2 heterocycles. The zero-order valence-corrected chi connectivity index (χ0v) is 12.5. The number of aryl methyl sites for hydroxylation is 1. The summed E-state index contributed by atoms with van der Waals surface area (Å²) in [4.78, 5) is 14.3. The minimum Gasteiger partial charge on any atom is -0.374 e. The van der Waals surface area contributed by atoms with Crippen LogP contribution >= 0.6 is 0 Å². The first-order valence-corrected chi connectivity index (χ1v) is 7.71. The highest BCUT2D eigenvalue weighted by atomic mass is 16.5. The van der Waals surface area contributed by atoms with Crippen LogP contribution < -0.4 is 0 Å². The first kappa shape index (κ1) is 13.8. The molecule has 0 N–H and O–H groups in total. The largest absolute Gasteiger partial charge is 0.374 e. The maximum Gasteiger partial charge on any atom is 0.164 e. The normalized spacial score (nSPS) is 24.1. The van der Waals surface area contributed by atoms with Crippen LogP contribution in [0.2, 0.25) is 0 Å². The molecule has 1 aromatic heterocycles. The van der Waals surface area contributed by atoms with Crippen molar-refractivity contribution in [2.45, 2.75) is 51.8 Å². The predicted molar refractivity (Wildman–Crippen MR) is 78.1 cm³/mol. The molecule has 1 atom stereocenters. The molecule has 0 saturated carbocycles. The number of nitrogens with zero attached hydrogens (tertiary/aromatic N) is 2. The van der Waals surface area contributed by atoms with Gasteiger partial charge in [0.05, 0.1) is 12.7 Å². The number of ether oxygens (including phenoxy) is 1. The SMILES string of the molecule is CC(C)N1CCOC(Cn2cc3c(c2)C(=O)CCC3)C1. The minimum atomic E-state index is 0.232. The zero-order chi connectivity index (χ0) is 14.1. The molecule has 110 valence electrons. The molecule has 4 heteroatoms. The van der Waals surface area contributed by atoms with E-state index in [4.69, 9.17) is 4.74 Å². The smallest absolute Gasteiger partial charge is 0.164 e. The van der Waals surface area contributed by atoms with Crippen molar-refractivity contribution in [3.63, 3.8) is 0 Å². The second-order valence-corrected chi connectivity index (χ2v) is 6.25. The molecule has 1 unspecified atom stereocenters. The van der Waals surface area contributed by atoms with E-state index in [1.54, 1.807) is 0 Å². The Morgan fingerprint density at radius 1 is 1.35 bits per heavy atom. The Balaban J connectivity index is 1.67. The predicted octanol–water partition coefficient (Wildman–Crippen LogP) is 2.12. The van der Waals surface area contributed by atoms with E-state index in [0.29, 0.717) is 18.2 Å². The highest BCUT2D eigenvalue weighted by molar-refractivity contribution is 5.98. The summed E-state index contributed by atoms with van der Waals surface area (Å²) in [6.07, 6.45) is 7.14. The van der Waals surface area contributed by atoms with Gasteiger partial charge in [-0.15, -0.1) is 0 Å². The lowest BCUT2D eigenvalue weighted by molar-refractivity contribution is -0.0455. The lowest BCUT2D eigenvalue weighted by Crippen LogP contribution is -2.47. The van der Waals surface area contributed by atoms with Crippen molar-refractivity contribution in [3.8, 4) is 0 Å². The molecular weight excluding hydrogens is 252 g/mol. The number of rotatable bonds is 3. The summed E-state index contributed by atoms with van der Waals surface area (Å²) in [6, 6.07) is 0.570. The highest BCUT2D eigenvalue weighted by Crippen LogP contribution is 2.22. The third-order valence-corrected chi connectivity index (χ3v) is 4.43. The lowest BCUT2D eigenvalue weighted by atomic mass is 9.95. The van der Waals surface area contributed by atoms with Crippen LogP contribution in [-0.2, 0) is 17.7 Å². The first-order valence-electron chi connectivity index (χ1n) is 7.71. The lowest BCUT2D eigenvalue weighted by Gasteiger charge is -2.35. The Morgan fingerprint density at radius 2 is 2.20 bits per heavy atom. The third-order valence-electron chi connectivity index (χ3n) is 4.43. The Labute approximate surface area is 120 Å². The molecule has 2 aliphatic rings. The summed E-state index contributed by atoms with van der Waals surface area (Å²) in [5.74, 6) is 0.304. The molecule has 20 heavy (non-hydrogen) atoms. The van der Waals surface area contributed by atoms with E-state index in [1.165, 1.54) is 5.56 Å². The second kappa shape index (κ2) is 5.70. The fraction of sp³-hybridized carbons (Fsp3) is 0.688. The second-order valence-electron chi connectivity index (χ2n) is 6.25. The van der Waals surface area contributed by atoms with Crippen molar-refractivity contribution >= 4 is 5.78 Å². The first-order chi connectivity index (χ1) is 9.63. The Hall–Kier alpha value is -1.13. The topological polar surface area (TPSA) is 34.5 Å². The standard InChI is InChI=1S/C16H24N2O2/c1-12(2)18-6-7-20-14(10-18)9-17-8-13-4-3-5-16(19)15(13)11-17/h8,11-12,14H,3-7,9-10H2,1-2H3. The van der Waals surface area contributed by atoms with Gasteiger partial charge < -0.3 is 9.30 Å². The van der Waals surface area contributed by atoms with Crippen LogP contribution in [0.5, 0.6) is 0 Å². The van der Waals surface area contributed by atoms with Crippen molar-refractivity contribution in [1.29, 1.82) is 0 Å². The number of hydrogen-bond donors (Lipinski definition) is 0. The van der Waals surface area contributed by atoms with Gasteiger partial charge in [-0.25, -0.2) is 0 Å². The molecule has 0 aromatic carbocycles. The van der Waals surface area contributed by atoms with Crippen LogP contribution in [0.3, 0.4) is 0 Å². The highest BCUT2D eigenvalue weighted by Gasteiger charge is 2.24. The molecule has 1 saturated heterocycles. The average molecular weight is 276 g/mol. The minimum absolute atomic E-state index is 0.232. The molecule has 1 aliphatic carbocycles.